The van der Waals surface area contributed by atoms with Crippen LogP contribution in [-0.2, 0) is 6.61 Å². The average molecular weight is 339 g/mol. The van der Waals surface area contributed by atoms with Crippen LogP contribution >= 0.6 is 15.9 Å². The largest absolute Gasteiger partial charge is 0.488 e. The Labute approximate surface area is 123 Å². The molecule has 0 spiro atoms. The SMILES string of the molecule is NNC(=O)c1ccc(COc2cc(F)ccc2Br)cc1. The first kappa shape index (κ1) is 14.5. The number of carbonyl (C=O) groups is 1. The van der Waals surface area contributed by atoms with Gasteiger partial charge in [0.25, 0.3) is 5.91 Å². The van der Waals surface area contributed by atoms with E-state index in [1.54, 1.807) is 30.3 Å². The molecule has 1 amide bonds. The Morgan fingerprint density at radius 1 is 1.25 bits per heavy atom. The normalized spacial score (nSPS) is 10.2. The lowest BCUT2D eigenvalue weighted by Crippen LogP contribution is -2.29. The van der Waals surface area contributed by atoms with Crippen LogP contribution in [0.25, 0.3) is 0 Å². The van der Waals surface area contributed by atoms with Gasteiger partial charge >= 0.3 is 0 Å². The van der Waals surface area contributed by atoms with Gasteiger partial charge in [0.1, 0.15) is 18.2 Å². The lowest BCUT2D eigenvalue weighted by atomic mass is 10.1. The van der Waals surface area contributed by atoms with Crippen molar-refractivity contribution in [3.63, 3.8) is 0 Å². The van der Waals surface area contributed by atoms with Crippen LogP contribution in [0.15, 0.2) is 46.9 Å². The monoisotopic (exact) mass is 338 g/mol. The summed E-state index contributed by atoms with van der Waals surface area (Å²) in [5.74, 6) is 4.75. The van der Waals surface area contributed by atoms with Gasteiger partial charge in [0, 0.05) is 11.6 Å². The Kier molecular flexibility index (Phi) is 4.70. The van der Waals surface area contributed by atoms with Gasteiger partial charge in [-0.3, -0.25) is 10.2 Å². The van der Waals surface area contributed by atoms with Crippen LogP contribution in [0.5, 0.6) is 5.75 Å². The van der Waals surface area contributed by atoms with Crippen LogP contribution in [0, 0.1) is 5.82 Å². The van der Waals surface area contributed by atoms with E-state index in [2.05, 4.69) is 21.4 Å². The van der Waals surface area contributed by atoms with E-state index in [1.807, 2.05) is 0 Å². The lowest BCUT2D eigenvalue weighted by Gasteiger charge is -2.09. The summed E-state index contributed by atoms with van der Waals surface area (Å²) in [4.78, 5) is 11.3. The molecular weight excluding hydrogens is 327 g/mol. The molecule has 3 N–H and O–H groups in total. The molecule has 0 aliphatic heterocycles. The fraction of sp³-hybridized carbons (Fsp3) is 0.0714. The van der Waals surface area contributed by atoms with E-state index in [9.17, 15) is 9.18 Å². The van der Waals surface area contributed by atoms with E-state index < -0.39 is 0 Å². The fourth-order valence-corrected chi connectivity index (χ4v) is 1.95. The fourth-order valence-electron chi connectivity index (χ4n) is 1.58. The number of nitrogens with two attached hydrogens (primary N) is 1. The van der Waals surface area contributed by atoms with Gasteiger partial charge in [0.05, 0.1) is 4.47 Å². The van der Waals surface area contributed by atoms with Crippen molar-refractivity contribution in [3.8, 4) is 5.75 Å². The third-order valence-corrected chi connectivity index (χ3v) is 3.29. The number of hydrogen-bond acceptors (Lipinski definition) is 3. The Morgan fingerprint density at radius 3 is 2.60 bits per heavy atom. The molecule has 6 heteroatoms. The first-order valence-electron chi connectivity index (χ1n) is 5.78. The third-order valence-electron chi connectivity index (χ3n) is 2.63. The van der Waals surface area contributed by atoms with Crippen molar-refractivity contribution in [2.45, 2.75) is 6.61 Å². The topological polar surface area (TPSA) is 64.3 Å². The molecular formula is C14H12BrFN2O2. The lowest BCUT2D eigenvalue weighted by molar-refractivity contribution is 0.0953. The molecule has 104 valence electrons. The molecule has 4 nitrogen and oxygen atoms in total. The van der Waals surface area contributed by atoms with Crippen LogP contribution in [0.2, 0.25) is 0 Å². The molecule has 0 fully saturated rings. The van der Waals surface area contributed by atoms with Crippen LogP contribution in [0.3, 0.4) is 0 Å². The molecule has 0 saturated carbocycles. The number of halogens is 2. The molecule has 0 heterocycles. The number of carbonyl (C=O) groups excluding carboxylic acids is 1. The van der Waals surface area contributed by atoms with E-state index in [-0.39, 0.29) is 18.3 Å². The molecule has 2 aromatic carbocycles. The minimum atomic E-state index is -0.363. The van der Waals surface area contributed by atoms with Gasteiger partial charge in [0.15, 0.2) is 0 Å². The molecule has 0 radical (unpaired) electrons. The molecule has 0 bridgehead atoms. The number of nitrogens with one attached hydrogen (secondary N) is 1. The van der Waals surface area contributed by atoms with Gasteiger partial charge in [-0.05, 0) is 45.8 Å². The Hall–Kier alpha value is -1.92. The van der Waals surface area contributed by atoms with Gasteiger partial charge in [-0.2, -0.15) is 0 Å². The molecule has 0 unspecified atom stereocenters. The number of hydrogen-bond donors (Lipinski definition) is 2. The highest BCUT2D eigenvalue weighted by Gasteiger charge is 2.05. The van der Waals surface area contributed by atoms with E-state index in [0.29, 0.717) is 15.8 Å². The van der Waals surface area contributed by atoms with Crippen molar-refractivity contribution in [2.75, 3.05) is 0 Å². The second-order valence-corrected chi connectivity index (χ2v) is 4.89. The Bertz CT molecular complexity index is 617. The summed E-state index contributed by atoms with van der Waals surface area (Å²) >= 11 is 3.29. The zero-order valence-electron chi connectivity index (χ0n) is 10.4. The van der Waals surface area contributed by atoms with E-state index in [0.717, 1.165) is 5.56 Å². The maximum atomic E-state index is 13.1. The summed E-state index contributed by atoms with van der Waals surface area (Å²) in [6.07, 6.45) is 0. The molecule has 0 aliphatic rings. The summed E-state index contributed by atoms with van der Waals surface area (Å²) in [5, 5.41) is 0. The minimum absolute atomic E-state index is 0.270. The maximum absolute atomic E-state index is 13.1. The maximum Gasteiger partial charge on any atom is 0.265 e. The molecule has 2 aromatic rings. The van der Waals surface area contributed by atoms with Crippen molar-refractivity contribution < 1.29 is 13.9 Å². The molecule has 0 aromatic heterocycles. The summed E-state index contributed by atoms with van der Waals surface area (Å²) in [5.41, 5.74) is 3.37. The zero-order chi connectivity index (χ0) is 14.5. The van der Waals surface area contributed by atoms with Crippen molar-refractivity contribution in [2.24, 2.45) is 5.84 Å². The standard InChI is InChI=1S/C14H12BrFN2O2/c15-12-6-5-11(16)7-13(12)20-8-9-1-3-10(4-2-9)14(19)18-17/h1-7H,8,17H2,(H,18,19). The summed E-state index contributed by atoms with van der Waals surface area (Å²) in [6, 6.07) is 11.0. The molecule has 0 aliphatic carbocycles. The van der Waals surface area contributed by atoms with E-state index >= 15 is 0 Å². The van der Waals surface area contributed by atoms with Gasteiger partial charge in [-0.1, -0.05) is 12.1 Å². The number of ether oxygens (including phenoxy) is 1. The number of benzene rings is 2. The first-order valence-corrected chi connectivity index (χ1v) is 6.57. The molecule has 0 saturated heterocycles. The molecule has 0 atom stereocenters. The third kappa shape index (κ3) is 3.55. The molecule has 20 heavy (non-hydrogen) atoms. The highest BCUT2D eigenvalue weighted by atomic mass is 79.9. The smallest absolute Gasteiger partial charge is 0.265 e. The summed E-state index contributed by atoms with van der Waals surface area (Å²) in [6.45, 7) is 0.270. The Balaban J connectivity index is 2.04. The quantitative estimate of drug-likeness (QED) is 0.511. The first-order chi connectivity index (χ1) is 9.60. The highest BCUT2D eigenvalue weighted by Crippen LogP contribution is 2.26. The van der Waals surface area contributed by atoms with Crippen molar-refractivity contribution >= 4 is 21.8 Å². The minimum Gasteiger partial charge on any atom is -0.488 e. The second-order valence-electron chi connectivity index (χ2n) is 4.03. The van der Waals surface area contributed by atoms with E-state index in [4.69, 9.17) is 10.6 Å². The zero-order valence-corrected chi connectivity index (χ0v) is 12.0. The van der Waals surface area contributed by atoms with Gasteiger partial charge in [-0.25, -0.2) is 10.2 Å². The predicted molar refractivity (Wildman–Crippen MR) is 76.5 cm³/mol. The van der Waals surface area contributed by atoms with Gasteiger partial charge < -0.3 is 4.74 Å². The van der Waals surface area contributed by atoms with Crippen molar-refractivity contribution in [1.82, 2.24) is 5.43 Å². The van der Waals surface area contributed by atoms with Crippen LogP contribution in [0.4, 0.5) is 4.39 Å². The highest BCUT2D eigenvalue weighted by molar-refractivity contribution is 9.10. The predicted octanol–water partition coefficient (Wildman–Crippen LogP) is 2.77. The summed E-state index contributed by atoms with van der Waals surface area (Å²) in [7, 11) is 0. The van der Waals surface area contributed by atoms with Crippen molar-refractivity contribution in [1.29, 1.82) is 0 Å². The summed E-state index contributed by atoms with van der Waals surface area (Å²) < 4.78 is 19.3. The molecule has 2 rings (SSSR count). The average Bonchev–Trinajstić information content (AvgIpc) is 2.48. The second kappa shape index (κ2) is 6.49. The van der Waals surface area contributed by atoms with Crippen LogP contribution in [-0.4, -0.2) is 5.91 Å². The van der Waals surface area contributed by atoms with Crippen LogP contribution < -0.4 is 16.0 Å². The van der Waals surface area contributed by atoms with Gasteiger partial charge in [0.2, 0.25) is 0 Å². The van der Waals surface area contributed by atoms with E-state index in [1.165, 1.54) is 12.1 Å². The van der Waals surface area contributed by atoms with Crippen LogP contribution in [0.1, 0.15) is 15.9 Å². The number of hydrazine groups is 1. The number of nitrogen functional groups attached to an aromatic ring is 1. The Morgan fingerprint density at radius 2 is 1.95 bits per heavy atom. The number of amides is 1. The van der Waals surface area contributed by atoms with Gasteiger partial charge in [-0.15, -0.1) is 0 Å². The number of rotatable bonds is 4. The van der Waals surface area contributed by atoms with Crippen molar-refractivity contribution in [3.05, 3.63) is 63.9 Å².